The zero-order valence-corrected chi connectivity index (χ0v) is 10.0. The second kappa shape index (κ2) is 4.49. The van der Waals surface area contributed by atoms with Gasteiger partial charge in [0.1, 0.15) is 0 Å². The Bertz CT molecular complexity index is 396. The maximum Gasteiger partial charge on any atom is 0.237 e. The first-order valence-corrected chi connectivity index (χ1v) is 6.39. The number of carbonyl (C=O) groups is 1. The predicted molar refractivity (Wildman–Crippen MR) is 66.5 cm³/mol. The summed E-state index contributed by atoms with van der Waals surface area (Å²) in [6.45, 7) is 3.56. The summed E-state index contributed by atoms with van der Waals surface area (Å²) in [5.41, 5.74) is 1.24. The van der Waals surface area contributed by atoms with E-state index in [1.165, 1.54) is 5.56 Å². The topological polar surface area (TPSA) is 23.6 Å². The average molecular weight is 230 g/mol. The number of hydrogen-bond donors (Lipinski definition) is 0. The van der Waals surface area contributed by atoms with Gasteiger partial charge < -0.3 is 4.90 Å². The normalized spacial score (nSPS) is 28.2. The maximum atomic E-state index is 12.2. The maximum absolute atomic E-state index is 12.2. The van der Waals surface area contributed by atoms with Crippen molar-refractivity contribution in [2.24, 2.45) is 0 Å². The highest BCUT2D eigenvalue weighted by molar-refractivity contribution is 5.79. The Labute approximate surface area is 102 Å². The van der Waals surface area contributed by atoms with E-state index in [0.29, 0.717) is 18.5 Å². The van der Waals surface area contributed by atoms with E-state index in [4.69, 9.17) is 0 Å². The Balaban J connectivity index is 1.79. The monoisotopic (exact) mass is 230 g/mol. The second-order valence-electron chi connectivity index (χ2n) is 5.01. The third kappa shape index (κ3) is 2.20. The third-order valence-electron chi connectivity index (χ3n) is 3.87. The van der Waals surface area contributed by atoms with Crippen LogP contribution < -0.4 is 0 Å². The van der Waals surface area contributed by atoms with E-state index < -0.39 is 0 Å². The number of amides is 1. The minimum Gasteiger partial charge on any atom is -0.334 e. The highest BCUT2D eigenvalue weighted by Gasteiger charge is 2.33. The first kappa shape index (κ1) is 10.8. The van der Waals surface area contributed by atoms with Gasteiger partial charge in [0.05, 0.1) is 6.54 Å². The van der Waals surface area contributed by atoms with Crippen molar-refractivity contribution >= 4 is 5.91 Å². The molecule has 0 unspecified atom stereocenters. The van der Waals surface area contributed by atoms with Crippen LogP contribution >= 0.6 is 0 Å². The van der Waals surface area contributed by atoms with Crippen molar-refractivity contribution < 1.29 is 4.79 Å². The first-order chi connectivity index (χ1) is 8.33. The standard InChI is InChI=1S/C14H18N2O/c17-14-11-15-8-6-13(7-9-15)16(14)10-12-4-2-1-3-5-12/h1-5,13H,6-11H2. The van der Waals surface area contributed by atoms with Crippen LogP contribution in [0.25, 0.3) is 0 Å². The minimum absolute atomic E-state index is 0.300. The van der Waals surface area contributed by atoms with E-state index in [0.717, 1.165) is 32.5 Å². The summed E-state index contributed by atoms with van der Waals surface area (Å²) in [6, 6.07) is 10.8. The van der Waals surface area contributed by atoms with Gasteiger partial charge in [-0.2, -0.15) is 0 Å². The predicted octanol–water partition coefficient (Wildman–Crippen LogP) is 1.49. The molecule has 90 valence electrons. The lowest BCUT2D eigenvalue weighted by Gasteiger charge is -2.31. The van der Waals surface area contributed by atoms with Crippen LogP contribution in [0.2, 0.25) is 0 Å². The largest absolute Gasteiger partial charge is 0.334 e. The van der Waals surface area contributed by atoms with E-state index in [9.17, 15) is 4.79 Å². The van der Waals surface area contributed by atoms with E-state index >= 15 is 0 Å². The number of rotatable bonds is 2. The summed E-state index contributed by atoms with van der Waals surface area (Å²) in [7, 11) is 0. The van der Waals surface area contributed by atoms with Gasteiger partial charge in [-0.15, -0.1) is 0 Å². The lowest BCUT2D eigenvalue weighted by atomic mass is 10.0. The van der Waals surface area contributed by atoms with Crippen molar-refractivity contribution in [1.82, 2.24) is 9.80 Å². The number of carbonyl (C=O) groups excluding carboxylic acids is 1. The Morgan fingerprint density at radius 1 is 1.12 bits per heavy atom. The van der Waals surface area contributed by atoms with Gasteiger partial charge in [-0.3, -0.25) is 9.69 Å². The van der Waals surface area contributed by atoms with Crippen molar-refractivity contribution in [1.29, 1.82) is 0 Å². The van der Waals surface area contributed by atoms with Gasteiger partial charge in [0.15, 0.2) is 0 Å². The molecule has 3 saturated heterocycles. The molecule has 0 atom stereocenters. The van der Waals surface area contributed by atoms with Gasteiger partial charge in [-0.05, 0) is 18.4 Å². The summed E-state index contributed by atoms with van der Waals surface area (Å²) >= 11 is 0. The first-order valence-electron chi connectivity index (χ1n) is 6.39. The summed E-state index contributed by atoms with van der Waals surface area (Å²) < 4.78 is 0. The molecule has 3 nitrogen and oxygen atoms in total. The number of benzene rings is 1. The second-order valence-corrected chi connectivity index (χ2v) is 5.01. The van der Waals surface area contributed by atoms with Crippen molar-refractivity contribution in [3.63, 3.8) is 0 Å². The van der Waals surface area contributed by atoms with Crippen LogP contribution in [0.15, 0.2) is 30.3 Å². The molecule has 1 aromatic rings. The Hall–Kier alpha value is -1.35. The Morgan fingerprint density at radius 2 is 1.82 bits per heavy atom. The van der Waals surface area contributed by atoms with Crippen molar-refractivity contribution in [2.45, 2.75) is 25.4 Å². The fraction of sp³-hybridized carbons (Fsp3) is 0.500. The molecule has 3 heterocycles. The highest BCUT2D eigenvalue weighted by Crippen LogP contribution is 2.23. The van der Waals surface area contributed by atoms with Crippen LogP contribution in [0.1, 0.15) is 18.4 Å². The molecule has 17 heavy (non-hydrogen) atoms. The molecule has 2 bridgehead atoms. The SMILES string of the molecule is O=C1CN2CCC(CC2)N1Cc1ccccc1. The summed E-state index contributed by atoms with van der Waals surface area (Å²) in [5.74, 6) is 0.300. The minimum atomic E-state index is 0.300. The number of fused-ring (bicyclic) bond motifs is 4. The molecule has 3 aliphatic rings. The molecule has 0 aromatic heterocycles. The Morgan fingerprint density at radius 3 is 2.53 bits per heavy atom. The lowest BCUT2D eigenvalue weighted by Crippen LogP contribution is -2.39. The zero-order chi connectivity index (χ0) is 11.7. The average Bonchev–Trinajstić information content (AvgIpc) is 2.60. The van der Waals surface area contributed by atoms with Crippen LogP contribution in [0.3, 0.4) is 0 Å². The lowest BCUT2D eigenvalue weighted by molar-refractivity contribution is -0.132. The number of hydrogen-bond acceptors (Lipinski definition) is 2. The molecule has 0 saturated carbocycles. The molecule has 3 fully saturated rings. The van der Waals surface area contributed by atoms with E-state index in [1.807, 2.05) is 18.2 Å². The van der Waals surface area contributed by atoms with Gasteiger partial charge in [-0.25, -0.2) is 0 Å². The van der Waals surface area contributed by atoms with Gasteiger partial charge in [-0.1, -0.05) is 30.3 Å². The number of piperidine rings is 1. The molecule has 0 radical (unpaired) electrons. The van der Waals surface area contributed by atoms with E-state index in [1.54, 1.807) is 0 Å². The van der Waals surface area contributed by atoms with E-state index in [-0.39, 0.29) is 0 Å². The molecule has 0 aliphatic carbocycles. The van der Waals surface area contributed by atoms with Crippen molar-refractivity contribution in [3.05, 3.63) is 35.9 Å². The van der Waals surface area contributed by atoms with Crippen LogP contribution in [-0.4, -0.2) is 41.4 Å². The van der Waals surface area contributed by atoms with Crippen LogP contribution in [-0.2, 0) is 11.3 Å². The highest BCUT2D eigenvalue weighted by atomic mass is 16.2. The third-order valence-corrected chi connectivity index (χ3v) is 3.87. The summed E-state index contributed by atoms with van der Waals surface area (Å²) in [5, 5.41) is 0. The fourth-order valence-corrected chi connectivity index (χ4v) is 2.87. The molecule has 3 heteroatoms. The van der Waals surface area contributed by atoms with Crippen LogP contribution in [0.4, 0.5) is 0 Å². The van der Waals surface area contributed by atoms with Gasteiger partial charge >= 0.3 is 0 Å². The van der Waals surface area contributed by atoms with Crippen molar-refractivity contribution in [3.8, 4) is 0 Å². The fourth-order valence-electron chi connectivity index (χ4n) is 2.87. The quantitative estimate of drug-likeness (QED) is 0.768. The van der Waals surface area contributed by atoms with Crippen LogP contribution in [0.5, 0.6) is 0 Å². The van der Waals surface area contributed by atoms with Crippen LogP contribution in [0, 0.1) is 0 Å². The molecule has 1 aromatic carbocycles. The molecule has 4 rings (SSSR count). The molecule has 3 aliphatic heterocycles. The molecule has 1 amide bonds. The summed E-state index contributed by atoms with van der Waals surface area (Å²) in [6.07, 6.45) is 2.27. The van der Waals surface area contributed by atoms with Gasteiger partial charge in [0, 0.05) is 25.7 Å². The Kier molecular flexibility index (Phi) is 2.85. The molecule has 0 N–H and O–H groups in total. The summed E-state index contributed by atoms with van der Waals surface area (Å²) in [4.78, 5) is 16.5. The smallest absolute Gasteiger partial charge is 0.237 e. The number of nitrogens with zero attached hydrogens (tertiary/aromatic N) is 2. The van der Waals surface area contributed by atoms with Gasteiger partial charge in [0.2, 0.25) is 5.91 Å². The molecule has 0 spiro atoms. The van der Waals surface area contributed by atoms with Crippen molar-refractivity contribution in [2.75, 3.05) is 19.6 Å². The zero-order valence-electron chi connectivity index (χ0n) is 10.0. The molecular weight excluding hydrogens is 212 g/mol. The van der Waals surface area contributed by atoms with Gasteiger partial charge in [0.25, 0.3) is 0 Å². The van der Waals surface area contributed by atoms with E-state index in [2.05, 4.69) is 21.9 Å². The molecular formula is C14H18N2O.